The van der Waals surface area contributed by atoms with Gasteiger partial charge in [0.15, 0.2) is 5.82 Å². The second-order valence-corrected chi connectivity index (χ2v) is 3.92. The Labute approximate surface area is 108 Å². The van der Waals surface area contributed by atoms with Gasteiger partial charge in [-0.2, -0.15) is 0 Å². The summed E-state index contributed by atoms with van der Waals surface area (Å²) >= 11 is 0. The zero-order chi connectivity index (χ0) is 14.3. The molecule has 0 aliphatic carbocycles. The molecule has 0 saturated carbocycles. The van der Waals surface area contributed by atoms with Crippen molar-refractivity contribution in [1.82, 2.24) is 20.2 Å². The molecule has 1 atom stereocenters. The Morgan fingerprint density at radius 3 is 2.84 bits per heavy atom. The molecule has 0 aromatic carbocycles. The van der Waals surface area contributed by atoms with E-state index in [0.717, 1.165) is 0 Å². The van der Waals surface area contributed by atoms with E-state index in [9.17, 15) is 13.6 Å². The fourth-order valence-corrected chi connectivity index (χ4v) is 1.60. The van der Waals surface area contributed by atoms with Gasteiger partial charge in [0.1, 0.15) is 6.61 Å². The molecule has 0 radical (unpaired) electrons. The third-order valence-corrected chi connectivity index (χ3v) is 2.50. The van der Waals surface area contributed by atoms with Crippen LogP contribution in [0.2, 0.25) is 0 Å². The van der Waals surface area contributed by atoms with Crippen molar-refractivity contribution >= 4 is 5.97 Å². The largest absolute Gasteiger partial charge is 0.481 e. The van der Waals surface area contributed by atoms with Crippen molar-refractivity contribution in [3.05, 3.63) is 5.82 Å². The summed E-state index contributed by atoms with van der Waals surface area (Å²) in [5.41, 5.74) is 0. The number of halogens is 2. The highest BCUT2D eigenvalue weighted by atomic mass is 19.3. The SMILES string of the molecule is CCC(CC(=O)O)n1nnnc1CCOCC(F)F. The Hall–Kier alpha value is -1.64. The zero-order valence-corrected chi connectivity index (χ0v) is 10.5. The van der Waals surface area contributed by atoms with Crippen LogP contribution < -0.4 is 0 Å². The van der Waals surface area contributed by atoms with Gasteiger partial charge < -0.3 is 9.84 Å². The fourth-order valence-electron chi connectivity index (χ4n) is 1.60. The van der Waals surface area contributed by atoms with Crippen molar-refractivity contribution in [3.8, 4) is 0 Å². The lowest BCUT2D eigenvalue weighted by molar-refractivity contribution is -0.138. The first-order valence-electron chi connectivity index (χ1n) is 5.89. The lowest BCUT2D eigenvalue weighted by Gasteiger charge is -2.14. The van der Waals surface area contributed by atoms with Gasteiger partial charge in [-0.25, -0.2) is 13.5 Å². The highest BCUT2D eigenvalue weighted by Crippen LogP contribution is 2.16. The van der Waals surface area contributed by atoms with Crippen LogP contribution in [0.15, 0.2) is 0 Å². The van der Waals surface area contributed by atoms with Crippen LogP contribution in [0, 0.1) is 0 Å². The van der Waals surface area contributed by atoms with Gasteiger partial charge >= 0.3 is 5.97 Å². The number of ether oxygens (including phenoxy) is 1. The molecule has 0 bridgehead atoms. The number of rotatable bonds is 9. The van der Waals surface area contributed by atoms with Crippen LogP contribution in [-0.4, -0.2) is 50.9 Å². The Bertz CT molecular complexity index is 400. The number of aliphatic carboxylic acids is 1. The van der Waals surface area contributed by atoms with Crippen LogP contribution in [0.4, 0.5) is 8.78 Å². The van der Waals surface area contributed by atoms with Crippen molar-refractivity contribution in [2.75, 3.05) is 13.2 Å². The van der Waals surface area contributed by atoms with Gasteiger partial charge in [-0.15, -0.1) is 5.10 Å². The van der Waals surface area contributed by atoms with Crippen molar-refractivity contribution in [2.24, 2.45) is 0 Å². The lowest BCUT2D eigenvalue weighted by Crippen LogP contribution is -2.18. The topological polar surface area (TPSA) is 90.1 Å². The average Bonchev–Trinajstić information content (AvgIpc) is 2.79. The second-order valence-electron chi connectivity index (χ2n) is 3.92. The van der Waals surface area contributed by atoms with E-state index < -0.39 is 19.0 Å². The third kappa shape index (κ3) is 5.25. The summed E-state index contributed by atoms with van der Waals surface area (Å²) in [7, 11) is 0. The predicted octanol–water partition coefficient (Wildman–Crippen LogP) is 0.923. The quantitative estimate of drug-likeness (QED) is 0.676. The van der Waals surface area contributed by atoms with E-state index in [-0.39, 0.29) is 25.5 Å². The molecule has 0 aliphatic heterocycles. The molecular formula is C10H16F2N4O3. The van der Waals surface area contributed by atoms with E-state index in [4.69, 9.17) is 9.84 Å². The zero-order valence-electron chi connectivity index (χ0n) is 10.5. The second kappa shape index (κ2) is 7.72. The van der Waals surface area contributed by atoms with Gasteiger partial charge in [0.05, 0.1) is 19.1 Å². The van der Waals surface area contributed by atoms with Gasteiger partial charge in [0.25, 0.3) is 6.43 Å². The number of alkyl halides is 2. The van der Waals surface area contributed by atoms with Crippen molar-refractivity contribution in [1.29, 1.82) is 0 Å². The molecule has 1 N–H and O–H groups in total. The summed E-state index contributed by atoms with van der Waals surface area (Å²) in [4.78, 5) is 10.7. The first-order valence-corrected chi connectivity index (χ1v) is 5.89. The molecule has 9 heteroatoms. The minimum atomic E-state index is -2.51. The van der Waals surface area contributed by atoms with E-state index in [1.165, 1.54) is 4.68 Å². The molecule has 1 rings (SSSR count). The van der Waals surface area contributed by atoms with E-state index >= 15 is 0 Å². The van der Waals surface area contributed by atoms with Crippen LogP contribution in [0.1, 0.15) is 31.6 Å². The van der Waals surface area contributed by atoms with Crippen LogP contribution >= 0.6 is 0 Å². The van der Waals surface area contributed by atoms with Crippen LogP contribution in [0.3, 0.4) is 0 Å². The smallest absolute Gasteiger partial charge is 0.305 e. The average molecular weight is 278 g/mol. The summed E-state index contributed by atoms with van der Waals surface area (Å²) in [6.07, 6.45) is -1.78. The maximum atomic E-state index is 11.9. The maximum absolute atomic E-state index is 11.9. The molecule has 0 saturated heterocycles. The van der Waals surface area contributed by atoms with E-state index in [1.807, 2.05) is 6.92 Å². The van der Waals surface area contributed by atoms with Crippen LogP contribution in [-0.2, 0) is 16.0 Å². The number of nitrogens with zero attached hydrogens (tertiary/aromatic N) is 4. The third-order valence-electron chi connectivity index (χ3n) is 2.50. The molecule has 1 aromatic heterocycles. The molecule has 1 aromatic rings. The van der Waals surface area contributed by atoms with E-state index in [1.54, 1.807) is 0 Å². The highest BCUT2D eigenvalue weighted by Gasteiger charge is 2.18. The number of carbonyl (C=O) groups is 1. The van der Waals surface area contributed by atoms with Gasteiger partial charge in [-0.05, 0) is 16.8 Å². The number of tetrazole rings is 1. The summed E-state index contributed by atoms with van der Waals surface area (Å²) in [5.74, 6) is -0.510. The molecule has 19 heavy (non-hydrogen) atoms. The molecule has 0 fully saturated rings. The Morgan fingerprint density at radius 1 is 1.53 bits per heavy atom. The van der Waals surface area contributed by atoms with Crippen molar-refractivity contribution in [2.45, 2.75) is 38.7 Å². The Balaban J connectivity index is 2.55. The molecule has 1 heterocycles. The van der Waals surface area contributed by atoms with Crippen molar-refractivity contribution < 1.29 is 23.4 Å². The lowest BCUT2D eigenvalue weighted by atomic mass is 10.1. The Morgan fingerprint density at radius 2 is 2.26 bits per heavy atom. The summed E-state index contributed by atoms with van der Waals surface area (Å²) in [6, 6.07) is -0.349. The Kier molecular flexibility index (Phi) is 6.26. The van der Waals surface area contributed by atoms with Gasteiger partial charge in [0, 0.05) is 6.42 Å². The molecule has 0 aliphatic rings. The van der Waals surface area contributed by atoms with Gasteiger partial charge in [-0.3, -0.25) is 4.79 Å². The predicted molar refractivity (Wildman–Crippen MR) is 59.9 cm³/mol. The number of hydrogen-bond acceptors (Lipinski definition) is 5. The maximum Gasteiger partial charge on any atom is 0.305 e. The summed E-state index contributed by atoms with van der Waals surface area (Å²) in [5, 5.41) is 19.8. The monoisotopic (exact) mass is 278 g/mol. The van der Waals surface area contributed by atoms with E-state index in [0.29, 0.717) is 12.2 Å². The van der Waals surface area contributed by atoms with Gasteiger partial charge in [0.2, 0.25) is 0 Å². The molecular weight excluding hydrogens is 262 g/mol. The number of carboxylic acid groups (broad SMARTS) is 1. The number of aromatic nitrogens is 4. The normalized spacial score (nSPS) is 12.8. The molecule has 1 unspecified atom stereocenters. The van der Waals surface area contributed by atoms with Crippen LogP contribution in [0.5, 0.6) is 0 Å². The standard InChI is InChI=1S/C10H16F2N4O3/c1-2-7(5-10(17)18)16-9(13-14-15-16)3-4-19-6-8(11)12/h7-8H,2-6H2,1H3,(H,17,18). The van der Waals surface area contributed by atoms with Gasteiger partial charge in [-0.1, -0.05) is 6.92 Å². The van der Waals surface area contributed by atoms with Crippen LogP contribution in [0.25, 0.3) is 0 Å². The first-order chi connectivity index (χ1) is 9.04. The minimum Gasteiger partial charge on any atom is -0.481 e. The highest BCUT2D eigenvalue weighted by molar-refractivity contribution is 5.67. The first kappa shape index (κ1) is 15.4. The molecule has 7 nitrogen and oxygen atoms in total. The number of carboxylic acids is 1. The summed E-state index contributed by atoms with van der Waals surface area (Å²) < 4.78 is 29.9. The minimum absolute atomic E-state index is 0.0637. The fraction of sp³-hybridized carbons (Fsp3) is 0.800. The summed E-state index contributed by atoms with van der Waals surface area (Å²) in [6.45, 7) is 1.26. The molecule has 108 valence electrons. The molecule has 0 amide bonds. The molecule has 0 spiro atoms. The van der Waals surface area contributed by atoms with E-state index in [2.05, 4.69) is 15.5 Å². The van der Waals surface area contributed by atoms with Crippen molar-refractivity contribution in [3.63, 3.8) is 0 Å². The number of hydrogen-bond donors (Lipinski definition) is 1.